The summed E-state index contributed by atoms with van der Waals surface area (Å²) in [4.78, 5) is 0. The normalized spacial score (nSPS) is 19.0. The molecule has 0 aromatic heterocycles. The summed E-state index contributed by atoms with van der Waals surface area (Å²) < 4.78 is 103. The van der Waals surface area contributed by atoms with Crippen LogP contribution < -0.4 is 4.74 Å². The van der Waals surface area contributed by atoms with Gasteiger partial charge in [0.2, 0.25) is 0 Å². The lowest BCUT2D eigenvalue weighted by molar-refractivity contribution is -0.189. The van der Waals surface area contributed by atoms with Crippen molar-refractivity contribution in [2.45, 2.75) is 64.1 Å². The van der Waals surface area contributed by atoms with Gasteiger partial charge in [-0.1, -0.05) is 63.3 Å². The Bertz CT molecular complexity index is 1250. The van der Waals surface area contributed by atoms with E-state index in [1.54, 1.807) is 24.3 Å². The van der Waals surface area contributed by atoms with Crippen LogP contribution in [0.2, 0.25) is 0 Å². The molecule has 0 spiro atoms. The number of alkyl halides is 2. The van der Waals surface area contributed by atoms with Crippen LogP contribution in [0.3, 0.4) is 0 Å². The van der Waals surface area contributed by atoms with Gasteiger partial charge in [0.05, 0.1) is 6.10 Å². The Labute approximate surface area is 222 Å². The molecule has 1 fully saturated rings. The Morgan fingerprint density at radius 3 is 2.03 bits per heavy atom. The molecule has 0 heterocycles. The van der Waals surface area contributed by atoms with Gasteiger partial charge in [0.25, 0.3) is 0 Å². The zero-order chi connectivity index (χ0) is 28.3. The van der Waals surface area contributed by atoms with Gasteiger partial charge in [-0.15, -0.1) is 0 Å². The highest BCUT2D eigenvalue weighted by Crippen LogP contribution is 2.39. The first kappa shape index (κ1) is 28.9. The molecule has 1 aliphatic carbocycles. The zero-order valence-electron chi connectivity index (χ0n) is 21.3. The van der Waals surface area contributed by atoms with Crippen LogP contribution in [0.1, 0.15) is 69.1 Å². The van der Waals surface area contributed by atoms with Crippen molar-refractivity contribution in [1.29, 1.82) is 0 Å². The van der Waals surface area contributed by atoms with Gasteiger partial charge in [-0.3, -0.25) is 0 Å². The van der Waals surface area contributed by atoms with Crippen LogP contribution in [0.15, 0.2) is 48.5 Å². The number of halogens is 7. The largest absolute Gasteiger partial charge is 0.432 e. The minimum absolute atomic E-state index is 0.0404. The lowest BCUT2D eigenvalue weighted by atomic mass is 9.88. The average molecular weight is 555 g/mol. The van der Waals surface area contributed by atoms with Crippen molar-refractivity contribution >= 4 is 0 Å². The molecule has 1 N–H and O–H groups in total. The van der Waals surface area contributed by atoms with E-state index in [0.29, 0.717) is 29.2 Å². The standard InChI is InChI=1S/C30H29F7O2/c1-2-4-17-5-3-6-19(8-7-17)29(38)20-11-9-18(10-12-20)21-13-23(31)27(24(32)14-21)30(36,37)39-22-15-25(33)28(35)26(34)16-22/h9-17,19,29,38H,2-8H2,1H3. The fourth-order valence-corrected chi connectivity index (χ4v) is 5.37. The fraction of sp³-hybridized carbons (Fsp3) is 0.400. The number of benzene rings is 3. The van der Waals surface area contributed by atoms with E-state index in [9.17, 15) is 35.8 Å². The highest BCUT2D eigenvalue weighted by molar-refractivity contribution is 5.64. The van der Waals surface area contributed by atoms with Crippen molar-refractivity contribution in [3.8, 4) is 16.9 Å². The van der Waals surface area contributed by atoms with Crippen molar-refractivity contribution < 1.29 is 40.6 Å². The molecule has 3 aromatic carbocycles. The maximum absolute atomic E-state index is 14.7. The van der Waals surface area contributed by atoms with Gasteiger partial charge in [0.15, 0.2) is 17.5 Å². The molecule has 9 heteroatoms. The van der Waals surface area contributed by atoms with E-state index in [2.05, 4.69) is 11.7 Å². The maximum atomic E-state index is 14.7. The number of hydrogen-bond donors (Lipinski definition) is 1. The highest BCUT2D eigenvalue weighted by Gasteiger charge is 2.41. The Hall–Kier alpha value is -3.07. The predicted molar refractivity (Wildman–Crippen MR) is 133 cm³/mol. The van der Waals surface area contributed by atoms with Gasteiger partial charge in [0.1, 0.15) is 22.9 Å². The third-order valence-corrected chi connectivity index (χ3v) is 7.40. The predicted octanol–water partition coefficient (Wildman–Crippen LogP) is 9.21. The van der Waals surface area contributed by atoms with Gasteiger partial charge >= 0.3 is 6.11 Å². The van der Waals surface area contributed by atoms with E-state index in [4.69, 9.17) is 0 Å². The Kier molecular flexibility index (Phi) is 8.89. The molecular weight excluding hydrogens is 525 g/mol. The lowest BCUT2D eigenvalue weighted by Gasteiger charge is -2.22. The topological polar surface area (TPSA) is 29.5 Å². The van der Waals surface area contributed by atoms with Crippen molar-refractivity contribution in [1.82, 2.24) is 0 Å². The Balaban J connectivity index is 1.51. The van der Waals surface area contributed by atoms with Crippen LogP contribution in [-0.2, 0) is 6.11 Å². The minimum Gasteiger partial charge on any atom is -0.429 e. The second kappa shape index (κ2) is 12.0. The molecule has 3 unspecified atom stereocenters. The first-order valence-electron chi connectivity index (χ1n) is 13.0. The monoisotopic (exact) mass is 554 g/mol. The molecule has 4 rings (SSSR count). The summed E-state index contributed by atoms with van der Waals surface area (Å²) in [5, 5.41) is 10.9. The lowest BCUT2D eigenvalue weighted by Crippen LogP contribution is -2.25. The third kappa shape index (κ3) is 6.57. The molecule has 3 aromatic rings. The molecule has 1 aliphatic rings. The van der Waals surface area contributed by atoms with Gasteiger partial charge in [-0.25, -0.2) is 22.0 Å². The van der Waals surface area contributed by atoms with Crippen LogP contribution in [0, 0.1) is 40.9 Å². The summed E-state index contributed by atoms with van der Waals surface area (Å²) in [5.74, 6) is -9.17. The second-order valence-corrected chi connectivity index (χ2v) is 10.1. The van der Waals surface area contributed by atoms with Crippen LogP contribution in [0.4, 0.5) is 30.7 Å². The van der Waals surface area contributed by atoms with Crippen molar-refractivity contribution in [3.05, 3.63) is 88.7 Å². The fourth-order valence-electron chi connectivity index (χ4n) is 5.37. The van der Waals surface area contributed by atoms with E-state index in [-0.39, 0.29) is 23.6 Å². The van der Waals surface area contributed by atoms with Gasteiger partial charge in [-0.2, -0.15) is 8.78 Å². The first-order valence-corrected chi connectivity index (χ1v) is 13.0. The van der Waals surface area contributed by atoms with Crippen LogP contribution in [0.25, 0.3) is 11.1 Å². The molecule has 0 saturated heterocycles. The maximum Gasteiger partial charge on any atom is 0.432 e. The van der Waals surface area contributed by atoms with E-state index in [0.717, 1.165) is 38.5 Å². The van der Waals surface area contributed by atoms with Crippen LogP contribution >= 0.6 is 0 Å². The van der Waals surface area contributed by atoms with Gasteiger partial charge < -0.3 is 9.84 Å². The Morgan fingerprint density at radius 2 is 1.44 bits per heavy atom. The summed E-state index contributed by atoms with van der Waals surface area (Å²) in [7, 11) is 0. The number of ether oxygens (including phenoxy) is 1. The molecule has 210 valence electrons. The van der Waals surface area contributed by atoms with Crippen molar-refractivity contribution in [2.24, 2.45) is 11.8 Å². The van der Waals surface area contributed by atoms with Crippen molar-refractivity contribution in [3.63, 3.8) is 0 Å². The van der Waals surface area contributed by atoms with Crippen LogP contribution in [-0.4, -0.2) is 5.11 Å². The van der Waals surface area contributed by atoms with E-state index < -0.39 is 52.6 Å². The molecule has 0 amide bonds. The summed E-state index contributed by atoms with van der Waals surface area (Å²) in [6, 6.07) is 8.04. The molecule has 2 nitrogen and oxygen atoms in total. The SMILES string of the molecule is CCCC1CCCC(C(O)c2ccc(-c3cc(F)c(C(F)(F)Oc4cc(F)c(F)c(F)c4)c(F)c3)cc2)CC1. The molecule has 0 aliphatic heterocycles. The summed E-state index contributed by atoms with van der Waals surface area (Å²) in [6.07, 6.45) is 2.08. The zero-order valence-corrected chi connectivity index (χ0v) is 21.3. The first-order chi connectivity index (χ1) is 18.5. The molecule has 1 saturated carbocycles. The van der Waals surface area contributed by atoms with Gasteiger partial charge in [-0.05, 0) is 53.5 Å². The van der Waals surface area contributed by atoms with E-state index in [1.807, 2.05) is 0 Å². The number of hydrogen-bond acceptors (Lipinski definition) is 2. The third-order valence-electron chi connectivity index (χ3n) is 7.40. The summed E-state index contributed by atoms with van der Waals surface area (Å²) >= 11 is 0. The summed E-state index contributed by atoms with van der Waals surface area (Å²) in [5.41, 5.74) is -0.820. The number of aliphatic hydroxyl groups excluding tert-OH is 1. The van der Waals surface area contributed by atoms with Crippen molar-refractivity contribution in [2.75, 3.05) is 0 Å². The summed E-state index contributed by atoms with van der Waals surface area (Å²) in [6.45, 7) is 2.17. The van der Waals surface area contributed by atoms with Crippen LogP contribution in [0.5, 0.6) is 5.75 Å². The number of rotatable bonds is 8. The minimum atomic E-state index is -4.66. The second-order valence-electron chi connectivity index (χ2n) is 10.1. The number of aliphatic hydroxyl groups is 1. The molecule has 0 radical (unpaired) electrons. The smallest absolute Gasteiger partial charge is 0.429 e. The molecular formula is C30H29F7O2. The molecule has 39 heavy (non-hydrogen) atoms. The van der Waals surface area contributed by atoms with Gasteiger partial charge in [0, 0.05) is 12.1 Å². The average Bonchev–Trinajstić information content (AvgIpc) is 3.12. The highest BCUT2D eigenvalue weighted by atomic mass is 19.3. The van der Waals surface area contributed by atoms with E-state index >= 15 is 0 Å². The molecule has 3 atom stereocenters. The molecule has 0 bridgehead atoms. The Morgan fingerprint density at radius 1 is 0.821 bits per heavy atom. The van der Waals surface area contributed by atoms with E-state index in [1.165, 1.54) is 6.42 Å². The quantitative estimate of drug-likeness (QED) is 0.171.